The first-order valence-electron chi connectivity index (χ1n) is 9.80. The zero-order chi connectivity index (χ0) is 22.4. The first-order valence-corrected chi connectivity index (χ1v) is 11.1. The van der Waals surface area contributed by atoms with E-state index >= 15 is 0 Å². The zero-order valence-electron chi connectivity index (χ0n) is 16.9. The Balaban J connectivity index is 1.72. The quantitative estimate of drug-likeness (QED) is 0.260. The minimum absolute atomic E-state index is 0.562. The molecule has 0 aromatic heterocycles. The van der Waals surface area contributed by atoms with Crippen LogP contribution in [0.15, 0.2) is 45.7 Å². The van der Waals surface area contributed by atoms with Crippen LogP contribution in [0, 0.1) is 0 Å². The van der Waals surface area contributed by atoms with Crippen LogP contribution < -0.4 is 4.74 Å². The monoisotopic (exact) mass is 561 g/mol. The molecule has 3 N–H and O–H groups in total. The summed E-state index contributed by atoms with van der Waals surface area (Å²) in [4.78, 5) is 0. The second-order valence-corrected chi connectivity index (χ2v) is 8.19. The molecule has 0 amide bonds. The Labute approximate surface area is 200 Å². The smallest absolute Gasteiger partial charge is 0.186 e. The highest BCUT2D eigenvalue weighted by atomic mass is 127. The summed E-state index contributed by atoms with van der Waals surface area (Å²) < 4.78 is 20.3. The van der Waals surface area contributed by atoms with Crippen LogP contribution in [-0.2, 0) is 15.9 Å². The van der Waals surface area contributed by atoms with Crippen molar-refractivity contribution in [1.82, 2.24) is 0 Å². The average molecular weight is 562 g/mol. The van der Waals surface area contributed by atoms with Gasteiger partial charge in [-0.05, 0) is 41.3 Å². The van der Waals surface area contributed by atoms with Gasteiger partial charge in [0.1, 0.15) is 30.2 Å². The Morgan fingerprint density at radius 3 is 2.52 bits per heavy atom. The summed E-state index contributed by atoms with van der Waals surface area (Å²) in [6.45, 7) is 0.562. The van der Waals surface area contributed by atoms with Crippen LogP contribution in [0.2, 0.25) is 5.02 Å². The molecule has 7 nitrogen and oxygen atoms in total. The van der Waals surface area contributed by atoms with Crippen molar-refractivity contribution in [2.24, 2.45) is 3.21 Å². The molecule has 0 radical (unpaired) electrons. The van der Waals surface area contributed by atoms with Gasteiger partial charge in [0.2, 0.25) is 0 Å². The highest BCUT2D eigenvalue weighted by Crippen LogP contribution is 2.34. The van der Waals surface area contributed by atoms with Crippen LogP contribution in [0.4, 0.5) is 0 Å². The highest BCUT2D eigenvalue weighted by molar-refractivity contribution is 14.1. The molecule has 1 aliphatic rings. The fraction of sp³-hybridized carbons (Fsp3) is 0.409. The molecule has 0 spiro atoms. The maximum atomic E-state index is 10.4. The molecule has 5 atom stereocenters. The minimum Gasteiger partial charge on any atom is -0.493 e. The molecule has 9 heteroatoms. The Bertz CT molecular complexity index is 879. The molecule has 2 aromatic carbocycles. The van der Waals surface area contributed by atoms with Crippen molar-refractivity contribution in [2.75, 3.05) is 13.7 Å². The number of aliphatic hydroxyl groups is 3. The minimum atomic E-state index is -1.39. The topological polar surface area (TPSA) is 101 Å². The molecule has 2 unspecified atom stereocenters. The fourth-order valence-corrected chi connectivity index (χ4v) is 3.89. The van der Waals surface area contributed by atoms with Crippen molar-refractivity contribution in [3.8, 4) is 5.75 Å². The van der Waals surface area contributed by atoms with E-state index in [1.54, 1.807) is 18.3 Å². The largest absolute Gasteiger partial charge is 0.493 e. The van der Waals surface area contributed by atoms with E-state index in [9.17, 15) is 15.3 Å². The van der Waals surface area contributed by atoms with E-state index in [2.05, 4.69) is 3.21 Å². The van der Waals surface area contributed by atoms with E-state index in [1.807, 2.05) is 53.2 Å². The van der Waals surface area contributed by atoms with Gasteiger partial charge in [0.05, 0.1) is 29.5 Å². The second kappa shape index (κ2) is 11.6. The van der Waals surface area contributed by atoms with Crippen molar-refractivity contribution >= 4 is 40.7 Å². The maximum absolute atomic E-state index is 10.4. The molecule has 3 rings (SSSR count). The van der Waals surface area contributed by atoms with Gasteiger partial charge in [0.15, 0.2) is 6.29 Å². The molecule has 168 valence electrons. The van der Waals surface area contributed by atoms with Gasteiger partial charge in [-0.2, -0.15) is 0 Å². The number of rotatable bonds is 8. The summed E-state index contributed by atoms with van der Waals surface area (Å²) in [6.07, 6.45) is -2.82. The van der Waals surface area contributed by atoms with Crippen molar-refractivity contribution in [1.29, 1.82) is 0 Å². The van der Waals surface area contributed by atoms with Gasteiger partial charge in [-0.1, -0.05) is 35.9 Å². The standard InChI is InChI=1S/C22H25ClINO6/c1-29-22-20(28)18(26)19(27)21(31-22)14-5-8-17(23)15(12-14)11-13-3-6-16(7-4-13)30-10-2-9-25-24/h3-9,12,18-22,26-28H,2,10-11H2,1H3/b25-9+/t18-,19?,20+,21?,22+/m1/s1. The van der Waals surface area contributed by atoms with Gasteiger partial charge in [-0.25, -0.2) is 3.21 Å². The molecule has 0 aliphatic carbocycles. The lowest BCUT2D eigenvalue weighted by Crippen LogP contribution is -2.54. The van der Waals surface area contributed by atoms with Gasteiger partial charge in [0.25, 0.3) is 0 Å². The summed E-state index contributed by atoms with van der Waals surface area (Å²) in [5.74, 6) is 0.780. The van der Waals surface area contributed by atoms with Crippen LogP contribution >= 0.6 is 34.5 Å². The van der Waals surface area contributed by atoms with Crippen molar-refractivity contribution in [3.63, 3.8) is 0 Å². The third kappa shape index (κ3) is 6.16. The normalized spacial score (nSPS) is 26.3. The van der Waals surface area contributed by atoms with Gasteiger partial charge >= 0.3 is 0 Å². The number of ether oxygens (including phenoxy) is 3. The summed E-state index contributed by atoms with van der Waals surface area (Å²) >= 11 is 8.34. The van der Waals surface area contributed by atoms with Crippen molar-refractivity contribution in [3.05, 3.63) is 64.2 Å². The van der Waals surface area contributed by atoms with E-state index in [0.29, 0.717) is 23.6 Å². The predicted octanol–water partition coefficient (Wildman–Crippen LogP) is 3.25. The Morgan fingerprint density at radius 1 is 1.10 bits per heavy atom. The number of benzene rings is 2. The summed E-state index contributed by atoms with van der Waals surface area (Å²) in [5.41, 5.74) is 2.52. The predicted molar refractivity (Wildman–Crippen MR) is 126 cm³/mol. The van der Waals surface area contributed by atoms with E-state index in [4.69, 9.17) is 25.8 Å². The van der Waals surface area contributed by atoms with Gasteiger partial charge < -0.3 is 29.5 Å². The number of methoxy groups -OCH3 is 1. The molecule has 1 saturated heterocycles. The molecular formula is C22H25ClINO6. The fourth-order valence-electron chi connectivity index (χ4n) is 3.43. The number of nitrogens with zero attached hydrogens (tertiary/aromatic N) is 1. The molecule has 1 aliphatic heterocycles. The Hall–Kier alpha value is -1.27. The average Bonchev–Trinajstić information content (AvgIpc) is 2.78. The van der Waals surface area contributed by atoms with Crippen LogP contribution in [0.3, 0.4) is 0 Å². The first-order chi connectivity index (χ1) is 14.9. The Kier molecular flexibility index (Phi) is 9.08. The highest BCUT2D eigenvalue weighted by Gasteiger charge is 2.44. The second-order valence-electron chi connectivity index (χ2n) is 7.22. The molecule has 1 heterocycles. The molecule has 1 fully saturated rings. The van der Waals surface area contributed by atoms with Crippen molar-refractivity contribution < 1.29 is 29.5 Å². The van der Waals surface area contributed by atoms with Crippen LogP contribution in [-0.4, -0.2) is 59.9 Å². The van der Waals surface area contributed by atoms with Crippen LogP contribution in [0.1, 0.15) is 29.2 Å². The summed E-state index contributed by atoms with van der Waals surface area (Å²) in [7, 11) is 1.37. The van der Waals surface area contributed by atoms with Gasteiger partial charge in [-0.3, -0.25) is 0 Å². The van der Waals surface area contributed by atoms with Gasteiger partial charge in [0, 0.05) is 24.8 Å². The number of hydrogen-bond donors (Lipinski definition) is 3. The lowest BCUT2D eigenvalue weighted by Gasteiger charge is -2.40. The summed E-state index contributed by atoms with van der Waals surface area (Å²) in [6, 6.07) is 13.0. The molecule has 2 aromatic rings. The number of aliphatic hydroxyl groups excluding tert-OH is 3. The lowest BCUT2D eigenvalue weighted by molar-refractivity contribution is -0.292. The van der Waals surface area contributed by atoms with Crippen LogP contribution in [0.25, 0.3) is 0 Å². The Morgan fingerprint density at radius 2 is 1.84 bits per heavy atom. The van der Waals surface area contributed by atoms with E-state index < -0.39 is 30.7 Å². The molecule has 0 saturated carbocycles. The molecule has 31 heavy (non-hydrogen) atoms. The third-order valence-corrected chi connectivity index (χ3v) is 5.87. The molecule has 0 bridgehead atoms. The first kappa shape index (κ1) is 24.4. The van der Waals surface area contributed by atoms with Gasteiger partial charge in [-0.15, -0.1) is 0 Å². The third-order valence-electron chi connectivity index (χ3n) is 5.10. The van der Waals surface area contributed by atoms with Crippen molar-refractivity contribution in [2.45, 2.75) is 43.5 Å². The number of hydrogen-bond acceptors (Lipinski definition) is 7. The maximum Gasteiger partial charge on any atom is 0.186 e. The zero-order valence-corrected chi connectivity index (χ0v) is 19.8. The van der Waals surface area contributed by atoms with E-state index in [1.165, 1.54) is 7.11 Å². The van der Waals surface area contributed by atoms with Crippen LogP contribution in [0.5, 0.6) is 5.75 Å². The number of halogens is 2. The summed E-state index contributed by atoms with van der Waals surface area (Å²) in [5, 5.41) is 31.1. The lowest BCUT2D eigenvalue weighted by atomic mass is 9.92. The molecular weight excluding hydrogens is 537 g/mol. The van der Waals surface area contributed by atoms with E-state index in [0.717, 1.165) is 23.3 Å². The van der Waals surface area contributed by atoms with E-state index in [-0.39, 0.29) is 0 Å². The SMILES string of the molecule is CO[C@H]1OC(c2ccc(Cl)c(Cc3ccc(OCC/C=N/I)cc3)c2)C(O)[C@@H](O)[C@@H]1O.